The van der Waals surface area contributed by atoms with Crippen LogP contribution in [0.4, 0.5) is 0 Å². The first-order chi connectivity index (χ1) is 11.7. The second-order valence-corrected chi connectivity index (χ2v) is 6.71. The number of pyridine rings is 1. The Bertz CT molecular complexity index is 881. The second-order valence-electron chi connectivity index (χ2n) is 6.23. The molecule has 1 fully saturated rings. The molecule has 5 heteroatoms. The van der Waals surface area contributed by atoms with Crippen LogP contribution in [0.1, 0.15) is 34.7 Å². The van der Waals surface area contributed by atoms with Crippen LogP contribution in [0.2, 0.25) is 0 Å². The molecular weight excluding hydrogens is 318 g/mol. The molecule has 0 aliphatic carbocycles. The third-order valence-corrected chi connectivity index (χ3v) is 5.21. The van der Waals surface area contributed by atoms with E-state index in [1.165, 1.54) is 5.56 Å². The number of fused-ring (bicyclic) bond motifs is 1. The molecule has 0 unspecified atom stereocenters. The van der Waals surface area contributed by atoms with E-state index in [1.807, 2.05) is 47.5 Å². The van der Waals surface area contributed by atoms with Gasteiger partial charge < -0.3 is 9.88 Å². The first-order valence-corrected chi connectivity index (χ1v) is 8.68. The lowest BCUT2D eigenvalue weighted by atomic mass is 9.90. The van der Waals surface area contributed by atoms with Gasteiger partial charge in [-0.3, -0.25) is 9.78 Å². The standard InChI is InChI=1S/C19H19N3OS/c23-19(14-4-1-2-6-17(14)24)22-10-7-13(8-11-22)15-12-21-16-5-3-9-20-18(15)16/h1-6,9,12-13,21,24H,7-8,10-11H2. The molecule has 1 saturated heterocycles. The number of benzene rings is 1. The van der Waals surface area contributed by atoms with Crippen molar-refractivity contribution in [3.8, 4) is 0 Å². The van der Waals surface area contributed by atoms with Gasteiger partial charge >= 0.3 is 0 Å². The Morgan fingerprint density at radius 3 is 2.75 bits per heavy atom. The summed E-state index contributed by atoms with van der Waals surface area (Å²) < 4.78 is 0. The largest absolute Gasteiger partial charge is 0.360 e. The number of hydrogen-bond donors (Lipinski definition) is 2. The molecule has 122 valence electrons. The molecule has 0 saturated carbocycles. The summed E-state index contributed by atoms with van der Waals surface area (Å²) >= 11 is 4.40. The van der Waals surface area contributed by atoms with Gasteiger partial charge in [-0.05, 0) is 48.6 Å². The van der Waals surface area contributed by atoms with Crippen molar-refractivity contribution < 1.29 is 4.79 Å². The number of H-pyrrole nitrogens is 1. The number of nitrogens with one attached hydrogen (secondary N) is 1. The summed E-state index contributed by atoms with van der Waals surface area (Å²) in [5, 5.41) is 0. The van der Waals surface area contributed by atoms with Crippen molar-refractivity contribution in [2.24, 2.45) is 0 Å². The molecule has 3 aromatic rings. The lowest BCUT2D eigenvalue weighted by Crippen LogP contribution is -2.38. The van der Waals surface area contributed by atoms with Gasteiger partial charge in [0.2, 0.25) is 0 Å². The predicted molar refractivity (Wildman–Crippen MR) is 97.7 cm³/mol. The van der Waals surface area contributed by atoms with E-state index in [4.69, 9.17) is 0 Å². The first kappa shape index (κ1) is 15.3. The zero-order chi connectivity index (χ0) is 16.5. The summed E-state index contributed by atoms with van der Waals surface area (Å²) in [4.78, 5) is 23.2. The maximum Gasteiger partial charge on any atom is 0.254 e. The molecule has 1 N–H and O–H groups in total. The Balaban J connectivity index is 1.49. The number of amides is 1. The minimum Gasteiger partial charge on any atom is -0.360 e. The van der Waals surface area contributed by atoms with E-state index >= 15 is 0 Å². The van der Waals surface area contributed by atoms with E-state index in [-0.39, 0.29) is 5.91 Å². The van der Waals surface area contributed by atoms with Crippen molar-refractivity contribution in [1.29, 1.82) is 0 Å². The fourth-order valence-corrected chi connectivity index (χ4v) is 3.76. The Hall–Kier alpha value is -2.27. The average Bonchev–Trinajstić information content (AvgIpc) is 3.06. The van der Waals surface area contributed by atoms with Gasteiger partial charge in [-0.2, -0.15) is 0 Å². The van der Waals surface area contributed by atoms with E-state index < -0.39 is 0 Å². The summed E-state index contributed by atoms with van der Waals surface area (Å²) in [6, 6.07) is 11.5. The smallest absolute Gasteiger partial charge is 0.254 e. The van der Waals surface area contributed by atoms with E-state index in [0.717, 1.165) is 41.9 Å². The minimum absolute atomic E-state index is 0.0797. The predicted octanol–water partition coefficient (Wildman–Crippen LogP) is 3.87. The van der Waals surface area contributed by atoms with Crippen molar-refractivity contribution >= 4 is 29.6 Å². The zero-order valence-corrected chi connectivity index (χ0v) is 14.2. The van der Waals surface area contributed by atoms with Crippen molar-refractivity contribution in [1.82, 2.24) is 14.9 Å². The maximum atomic E-state index is 12.7. The highest BCUT2D eigenvalue weighted by Gasteiger charge is 2.26. The number of aromatic nitrogens is 2. The van der Waals surface area contributed by atoms with Crippen LogP contribution in [0.15, 0.2) is 53.7 Å². The highest BCUT2D eigenvalue weighted by molar-refractivity contribution is 7.80. The molecule has 3 heterocycles. The summed E-state index contributed by atoms with van der Waals surface area (Å²) in [5.41, 5.74) is 4.10. The molecule has 1 aromatic carbocycles. The molecule has 0 spiro atoms. The first-order valence-electron chi connectivity index (χ1n) is 8.23. The Morgan fingerprint density at radius 2 is 1.96 bits per heavy atom. The van der Waals surface area contributed by atoms with Gasteiger partial charge in [0.05, 0.1) is 16.6 Å². The molecule has 0 atom stereocenters. The number of hydrogen-bond acceptors (Lipinski definition) is 3. The molecule has 4 rings (SSSR count). The van der Waals surface area contributed by atoms with Crippen LogP contribution < -0.4 is 0 Å². The maximum absolute atomic E-state index is 12.7. The number of rotatable bonds is 2. The van der Waals surface area contributed by atoms with Crippen LogP contribution in [0, 0.1) is 0 Å². The van der Waals surface area contributed by atoms with Crippen LogP contribution >= 0.6 is 12.6 Å². The number of thiol groups is 1. The highest BCUT2D eigenvalue weighted by atomic mass is 32.1. The average molecular weight is 337 g/mol. The molecule has 0 bridgehead atoms. The zero-order valence-electron chi connectivity index (χ0n) is 13.3. The Kier molecular flexibility index (Phi) is 4.02. The number of likely N-dealkylation sites (tertiary alicyclic amines) is 1. The third kappa shape index (κ3) is 2.69. The fourth-order valence-electron chi connectivity index (χ4n) is 3.51. The van der Waals surface area contributed by atoms with E-state index in [1.54, 1.807) is 0 Å². The van der Waals surface area contributed by atoms with Gasteiger partial charge in [-0.15, -0.1) is 12.6 Å². The monoisotopic (exact) mass is 337 g/mol. The van der Waals surface area contributed by atoms with Crippen molar-refractivity contribution in [2.45, 2.75) is 23.7 Å². The van der Waals surface area contributed by atoms with Crippen LogP contribution in [0.25, 0.3) is 11.0 Å². The lowest BCUT2D eigenvalue weighted by Gasteiger charge is -2.32. The van der Waals surface area contributed by atoms with E-state index in [9.17, 15) is 4.79 Å². The van der Waals surface area contributed by atoms with E-state index in [0.29, 0.717) is 11.5 Å². The fraction of sp³-hybridized carbons (Fsp3) is 0.263. The summed E-state index contributed by atoms with van der Waals surface area (Å²) in [7, 11) is 0. The lowest BCUT2D eigenvalue weighted by molar-refractivity contribution is 0.0710. The van der Waals surface area contributed by atoms with Crippen LogP contribution in [-0.4, -0.2) is 33.9 Å². The molecule has 1 aliphatic rings. The molecule has 0 radical (unpaired) electrons. The van der Waals surface area contributed by atoms with Gasteiger partial charge in [-0.25, -0.2) is 0 Å². The molecule has 24 heavy (non-hydrogen) atoms. The summed E-state index contributed by atoms with van der Waals surface area (Å²) in [6.45, 7) is 1.54. The van der Waals surface area contributed by atoms with Crippen LogP contribution in [0.5, 0.6) is 0 Å². The molecule has 1 amide bonds. The van der Waals surface area contributed by atoms with Crippen LogP contribution in [-0.2, 0) is 0 Å². The number of aromatic amines is 1. The van der Waals surface area contributed by atoms with Gasteiger partial charge in [0.1, 0.15) is 0 Å². The molecule has 4 nitrogen and oxygen atoms in total. The highest BCUT2D eigenvalue weighted by Crippen LogP contribution is 2.32. The summed E-state index contributed by atoms with van der Waals surface area (Å²) in [5.74, 6) is 0.528. The third-order valence-electron chi connectivity index (χ3n) is 4.82. The summed E-state index contributed by atoms with van der Waals surface area (Å²) in [6.07, 6.45) is 5.83. The second kappa shape index (κ2) is 6.32. The number of carbonyl (C=O) groups is 1. The normalized spacial score (nSPS) is 15.8. The Morgan fingerprint density at radius 1 is 1.17 bits per heavy atom. The number of carbonyl (C=O) groups excluding carboxylic acids is 1. The minimum atomic E-state index is 0.0797. The molecular formula is C19H19N3OS. The van der Waals surface area contributed by atoms with Gasteiger partial charge in [-0.1, -0.05) is 12.1 Å². The topological polar surface area (TPSA) is 49.0 Å². The number of nitrogens with zero attached hydrogens (tertiary/aromatic N) is 2. The van der Waals surface area contributed by atoms with Gasteiger partial charge in [0, 0.05) is 30.4 Å². The van der Waals surface area contributed by atoms with Crippen molar-refractivity contribution in [3.63, 3.8) is 0 Å². The SMILES string of the molecule is O=C(c1ccccc1S)N1CCC(c2c[nH]c3cccnc23)CC1. The molecule has 1 aliphatic heterocycles. The molecule has 2 aromatic heterocycles. The van der Waals surface area contributed by atoms with Gasteiger partial charge in [0.25, 0.3) is 5.91 Å². The van der Waals surface area contributed by atoms with Crippen molar-refractivity contribution in [2.75, 3.05) is 13.1 Å². The van der Waals surface area contributed by atoms with Gasteiger partial charge in [0.15, 0.2) is 0 Å². The number of piperidine rings is 1. The van der Waals surface area contributed by atoms with E-state index in [2.05, 4.69) is 28.8 Å². The Labute approximate surface area is 146 Å². The quantitative estimate of drug-likeness (QED) is 0.697. The van der Waals surface area contributed by atoms with Crippen molar-refractivity contribution in [3.05, 3.63) is 59.9 Å². The van der Waals surface area contributed by atoms with Crippen LogP contribution in [0.3, 0.4) is 0 Å².